The summed E-state index contributed by atoms with van der Waals surface area (Å²) in [6.07, 6.45) is 0. The molecule has 2 aromatic rings. The molecule has 0 bridgehead atoms. The van der Waals surface area contributed by atoms with Crippen molar-refractivity contribution in [1.29, 1.82) is 0 Å². The van der Waals surface area contributed by atoms with Crippen molar-refractivity contribution in [1.82, 2.24) is 0 Å². The molecule has 0 fully saturated rings. The largest absolute Gasteiger partial charge is 0.397 e. The number of nitrogen functional groups attached to an aromatic ring is 1. The molecule has 76 valence electrons. The highest BCUT2D eigenvalue weighted by atomic mass is 79.9. The van der Waals surface area contributed by atoms with Crippen LogP contribution in [0.1, 0.15) is 0 Å². The lowest BCUT2D eigenvalue weighted by Gasteiger charge is -2.06. The van der Waals surface area contributed by atoms with Crippen LogP contribution in [0.5, 0.6) is 0 Å². The number of para-hydroxylation sites is 1. The predicted molar refractivity (Wildman–Crippen MR) is 69.1 cm³/mol. The Morgan fingerprint density at radius 1 is 0.933 bits per heavy atom. The minimum atomic E-state index is 0.798. The lowest BCUT2D eigenvalue weighted by Crippen LogP contribution is -1.89. The molecular formula is C12H10BrNS. The fourth-order valence-electron chi connectivity index (χ4n) is 1.22. The predicted octanol–water partition coefficient (Wildman–Crippen LogP) is 4.18. The molecule has 1 nitrogen and oxygen atoms in total. The van der Waals surface area contributed by atoms with Gasteiger partial charge in [-0.25, -0.2) is 0 Å². The molecule has 0 aliphatic heterocycles. The molecule has 0 unspecified atom stereocenters. The minimum Gasteiger partial charge on any atom is -0.397 e. The Morgan fingerprint density at radius 3 is 2.40 bits per heavy atom. The molecule has 15 heavy (non-hydrogen) atoms. The molecule has 0 spiro atoms. The van der Waals surface area contributed by atoms with Crippen LogP contribution in [0.4, 0.5) is 5.69 Å². The minimum absolute atomic E-state index is 0.798. The maximum absolute atomic E-state index is 5.96. The van der Waals surface area contributed by atoms with E-state index in [1.165, 1.54) is 4.90 Å². The van der Waals surface area contributed by atoms with E-state index in [1.54, 1.807) is 11.8 Å². The Kier molecular flexibility index (Phi) is 3.34. The quantitative estimate of drug-likeness (QED) is 0.835. The van der Waals surface area contributed by atoms with Crippen LogP contribution in [0, 0.1) is 0 Å². The molecule has 0 radical (unpaired) electrons. The van der Waals surface area contributed by atoms with Gasteiger partial charge in [-0.3, -0.25) is 0 Å². The van der Waals surface area contributed by atoms with E-state index in [1.807, 2.05) is 36.4 Å². The second kappa shape index (κ2) is 4.73. The van der Waals surface area contributed by atoms with E-state index < -0.39 is 0 Å². The van der Waals surface area contributed by atoms with Gasteiger partial charge >= 0.3 is 0 Å². The van der Waals surface area contributed by atoms with E-state index in [0.717, 1.165) is 15.1 Å². The zero-order chi connectivity index (χ0) is 10.7. The van der Waals surface area contributed by atoms with E-state index in [9.17, 15) is 0 Å². The van der Waals surface area contributed by atoms with Crippen LogP contribution in [0.3, 0.4) is 0 Å². The Morgan fingerprint density at radius 2 is 1.67 bits per heavy atom. The summed E-state index contributed by atoms with van der Waals surface area (Å²) in [6, 6.07) is 16.2. The summed E-state index contributed by atoms with van der Waals surface area (Å²) in [6.45, 7) is 0. The average molecular weight is 280 g/mol. The number of nitrogens with two attached hydrogens (primary N) is 1. The average Bonchev–Trinajstić information content (AvgIpc) is 2.26. The number of hydrogen-bond acceptors (Lipinski definition) is 2. The second-order valence-corrected chi connectivity index (χ2v) is 5.04. The van der Waals surface area contributed by atoms with Crippen LogP contribution in [-0.4, -0.2) is 0 Å². The van der Waals surface area contributed by atoms with Gasteiger partial charge in [0.25, 0.3) is 0 Å². The molecule has 2 rings (SSSR count). The molecule has 0 aliphatic carbocycles. The van der Waals surface area contributed by atoms with Crippen molar-refractivity contribution in [3.8, 4) is 0 Å². The van der Waals surface area contributed by atoms with Gasteiger partial charge < -0.3 is 5.73 Å². The summed E-state index contributed by atoms with van der Waals surface area (Å²) in [7, 11) is 0. The molecule has 0 atom stereocenters. The highest BCUT2D eigenvalue weighted by Gasteiger charge is 2.03. The Hall–Kier alpha value is -0.930. The van der Waals surface area contributed by atoms with Crippen LogP contribution in [0.15, 0.2) is 62.8 Å². The van der Waals surface area contributed by atoms with Gasteiger partial charge in [0, 0.05) is 14.3 Å². The monoisotopic (exact) mass is 279 g/mol. The molecule has 0 heterocycles. The number of halogens is 1. The smallest absolute Gasteiger partial charge is 0.0600 e. The zero-order valence-electron chi connectivity index (χ0n) is 7.98. The topological polar surface area (TPSA) is 26.0 Å². The number of hydrogen-bond donors (Lipinski definition) is 1. The van der Waals surface area contributed by atoms with E-state index in [-0.39, 0.29) is 0 Å². The van der Waals surface area contributed by atoms with Crippen molar-refractivity contribution in [2.75, 3.05) is 5.73 Å². The third kappa shape index (κ3) is 2.55. The SMILES string of the molecule is Nc1c(Br)cccc1Sc1ccccc1. The van der Waals surface area contributed by atoms with Gasteiger partial charge in [-0.2, -0.15) is 0 Å². The Balaban J connectivity index is 2.29. The highest BCUT2D eigenvalue weighted by Crippen LogP contribution is 2.35. The molecular weight excluding hydrogens is 270 g/mol. The van der Waals surface area contributed by atoms with Gasteiger partial charge in [0.1, 0.15) is 0 Å². The van der Waals surface area contributed by atoms with Crippen molar-refractivity contribution in [2.24, 2.45) is 0 Å². The third-order valence-corrected chi connectivity index (χ3v) is 3.76. The van der Waals surface area contributed by atoms with E-state index >= 15 is 0 Å². The first-order chi connectivity index (χ1) is 7.27. The summed E-state index contributed by atoms with van der Waals surface area (Å²) < 4.78 is 0.948. The normalized spacial score (nSPS) is 10.2. The van der Waals surface area contributed by atoms with Crippen LogP contribution >= 0.6 is 27.7 Å². The molecule has 0 amide bonds. The Labute approximate surface area is 102 Å². The van der Waals surface area contributed by atoms with Crippen LogP contribution in [0.25, 0.3) is 0 Å². The number of rotatable bonds is 2. The van der Waals surface area contributed by atoms with E-state index in [4.69, 9.17) is 5.73 Å². The maximum atomic E-state index is 5.96. The van der Waals surface area contributed by atoms with Gasteiger partial charge in [-0.1, -0.05) is 36.0 Å². The molecule has 0 saturated carbocycles. The fourth-order valence-corrected chi connectivity index (χ4v) is 2.63. The first-order valence-electron chi connectivity index (χ1n) is 4.54. The van der Waals surface area contributed by atoms with Gasteiger partial charge in [0.15, 0.2) is 0 Å². The molecule has 0 aliphatic rings. The molecule has 3 heteroatoms. The second-order valence-electron chi connectivity index (χ2n) is 3.07. The van der Waals surface area contributed by atoms with Crippen molar-refractivity contribution in [2.45, 2.75) is 9.79 Å². The first-order valence-corrected chi connectivity index (χ1v) is 6.15. The lowest BCUT2D eigenvalue weighted by molar-refractivity contribution is 1.40. The maximum Gasteiger partial charge on any atom is 0.0600 e. The summed E-state index contributed by atoms with van der Waals surface area (Å²) in [5.41, 5.74) is 6.76. The molecule has 2 aromatic carbocycles. The van der Waals surface area contributed by atoms with E-state index in [2.05, 4.69) is 28.1 Å². The summed E-state index contributed by atoms with van der Waals surface area (Å²) in [5.74, 6) is 0. The molecule has 2 N–H and O–H groups in total. The third-order valence-electron chi connectivity index (χ3n) is 1.98. The van der Waals surface area contributed by atoms with Crippen LogP contribution < -0.4 is 5.73 Å². The van der Waals surface area contributed by atoms with Crippen molar-refractivity contribution in [3.63, 3.8) is 0 Å². The van der Waals surface area contributed by atoms with Gasteiger partial charge in [0.05, 0.1) is 5.69 Å². The highest BCUT2D eigenvalue weighted by molar-refractivity contribution is 9.10. The van der Waals surface area contributed by atoms with Gasteiger partial charge in [-0.15, -0.1) is 0 Å². The van der Waals surface area contributed by atoms with Crippen molar-refractivity contribution >= 4 is 33.4 Å². The van der Waals surface area contributed by atoms with Gasteiger partial charge in [0.2, 0.25) is 0 Å². The standard InChI is InChI=1S/C12H10BrNS/c13-10-7-4-8-11(12(10)14)15-9-5-2-1-3-6-9/h1-8H,14H2. The van der Waals surface area contributed by atoms with Crippen LogP contribution in [0.2, 0.25) is 0 Å². The van der Waals surface area contributed by atoms with E-state index in [0.29, 0.717) is 0 Å². The zero-order valence-corrected chi connectivity index (χ0v) is 10.4. The van der Waals surface area contributed by atoms with Crippen LogP contribution in [-0.2, 0) is 0 Å². The summed E-state index contributed by atoms with van der Waals surface area (Å²) in [5, 5.41) is 0. The molecule has 0 aromatic heterocycles. The lowest BCUT2D eigenvalue weighted by atomic mass is 10.3. The number of benzene rings is 2. The first kappa shape index (κ1) is 10.6. The fraction of sp³-hybridized carbons (Fsp3) is 0. The molecule has 0 saturated heterocycles. The van der Waals surface area contributed by atoms with Gasteiger partial charge in [-0.05, 0) is 40.2 Å². The number of anilines is 1. The van der Waals surface area contributed by atoms with Crippen molar-refractivity contribution < 1.29 is 0 Å². The van der Waals surface area contributed by atoms with Crippen molar-refractivity contribution in [3.05, 3.63) is 53.0 Å². The summed E-state index contributed by atoms with van der Waals surface area (Å²) >= 11 is 5.09. The summed E-state index contributed by atoms with van der Waals surface area (Å²) in [4.78, 5) is 2.28. The Bertz CT molecular complexity index is 456.